The number of para-hydroxylation sites is 2. The molecule has 1 atom stereocenters. The lowest BCUT2D eigenvalue weighted by atomic mass is 10.2. The molecule has 8 heteroatoms. The van der Waals surface area contributed by atoms with Crippen LogP contribution in [0.5, 0.6) is 11.5 Å². The second kappa shape index (κ2) is 9.82. The molecule has 0 saturated carbocycles. The van der Waals surface area contributed by atoms with Gasteiger partial charge in [-0.1, -0.05) is 18.2 Å². The summed E-state index contributed by atoms with van der Waals surface area (Å²) in [6.07, 6.45) is -0.149. The molecule has 1 aromatic heterocycles. The van der Waals surface area contributed by atoms with Crippen molar-refractivity contribution in [3.8, 4) is 23.0 Å². The summed E-state index contributed by atoms with van der Waals surface area (Å²) in [5.74, 6) is 1.68. The molecule has 2 heterocycles. The van der Waals surface area contributed by atoms with Crippen LogP contribution in [0.1, 0.15) is 11.5 Å². The smallest absolute Gasteiger partial charge is 0.228 e. The van der Waals surface area contributed by atoms with Crippen molar-refractivity contribution in [3.05, 3.63) is 65.8 Å². The van der Waals surface area contributed by atoms with E-state index in [0.717, 1.165) is 0 Å². The third-order valence-electron chi connectivity index (χ3n) is 5.27. The van der Waals surface area contributed by atoms with Crippen LogP contribution in [0.3, 0.4) is 0 Å². The number of oxazole rings is 1. The zero-order chi connectivity index (χ0) is 22.5. The first-order valence-corrected chi connectivity index (χ1v) is 10.4. The number of hydrogen-bond donors (Lipinski definition) is 0. The van der Waals surface area contributed by atoms with Crippen molar-refractivity contribution in [2.24, 2.45) is 0 Å². The number of benzene rings is 2. The summed E-state index contributed by atoms with van der Waals surface area (Å²) in [6.45, 7) is 3.40. The molecule has 1 unspecified atom stereocenters. The molecule has 1 fully saturated rings. The van der Waals surface area contributed by atoms with Gasteiger partial charge < -0.3 is 23.5 Å². The number of aryl methyl sites for hydroxylation is 1. The van der Waals surface area contributed by atoms with E-state index in [1.165, 1.54) is 12.1 Å². The number of morpholine rings is 1. The number of hydrogen-bond acceptors (Lipinski definition) is 6. The standard InChI is InChI=1S/C24H25FN2O5/c1-16-20(26-24(32-16)17-6-5-7-18(25)12-17)13-23(28)27-10-11-30-19(14-27)15-31-22-9-4-3-8-21(22)29-2/h3-9,12,19H,10-11,13-15H2,1-2H3. The Kier molecular flexibility index (Phi) is 6.70. The molecule has 0 aliphatic carbocycles. The Morgan fingerprint density at radius 1 is 1.22 bits per heavy atom. The second-order valence-corrected chi connectivity index (χ2v) is 7.50. The van der Waals surface area contributed by atoms with Gasteiger partial charge in [0.1, 0.15) is 24.3 Å². The maximum absolute atomic E-state index is 13.5. The predicted octanol–water partition coefficient (Wildman–Crippen LogP) is 3.65. The van der Waals surface area contributed by atoms with Gasteiger partial charge in [0.25, 0.3) is 0 Å². The van der Waals surface area contributed by atoms with Gasteiger partial charge in [0, 0.05) is 12.1 Å². The topological polar surface area (TPSA) is 74.0 Å². The zero-order valence-corrected chi connectivity index (χ0v) is 18.0. The van der Waals surface area contributed by atoms with Crippen molar-refractivity contribution in [3.63, 3.8) is 0 Å². The lowest BCUT2D eigenvalue weighted by molar-refractivity contribution is -0.139. The summed E-state index contributed by atoms with van der Waals surface area (Å²) in [4.78, 5) is 19.1. The lowest BCUT2D eigenvalue weighted by Gasteiger charge is -2.32. The molecule has 0 N–H and O–H groups in total. The molecule has 3 aromatic rings. The Hall–Kier alpha value is -3.39. The minimum absolute atomic E-state index is 0.0715. The first-order valence-electron chi connectivity index (χ1n) is 10.4. The Balaban J connectivity index is 1.36. The largest absolute Gasteiger partial charge is 0.493 e. The van der Waals surface area contributed by atoms with Crippen LogP contribution < -0.4 is 9.47 Å². The molecule has 1 saturated heterocycles. The van der Waals surface area contributed by atoms with E-state index in [2.05, 4.69) is 4.98 Å². The highest BCUT2D eigenvalue weighted by molar-refractivity contribution is 5.79. The van der Waals surface area contributed by atoms with E-state index in [9.17, 15) is 9.18 Å². The van der Waals surface area contributed by atoms with Gasteiger partial charge in [0.05, 0.1) is 32.4 Å². The average molecular weight is 440 g/mol. The zero-order valence-electron chi connectivity index (χ0n) is 18.0. The average Bonchev–Trinajstić information content (AvgIpc) is 3.18. The van der Waals surface area contributed by atoms with Gasteiger partial charge in [-0.3, -0.25) is 4.79 Å². The number of amides is 1. The molecule has 1 aliphatic heterocycles. The van der Waals surface area contributed by atoms with E-state index in [-0.39, 0.29) is 24.2 Å². The molecule has 7 nitrogen and oxygen atoms in total. The van der Waals surface area contributed by atoms with E-state index in [1.54, 1.807) is 31.1 Å². The van der Waals surface area contributed by atoms with Crippen LogP contribution in [-0.2, 0) is 16.0 Å². The van der Waals surface area contributed by atoms with Crippen LogP contribution in [-0.4, -0.2) is 55.3 Å². The van der Waals surface area contributed by atoms with Gasteiger partial charge >= 0.3 is 0 Å². The normalized spacial score (nSPS) is 16.1. The Bertz CT molecular complexity index is 1080. The third-order valence-corrected chi connectivity index (χ3v) is 5.27. The number of aromatic nitrogens is 1. The van der Waals surface area contributed by atoms with Crippen molar-refractivity contribution in [2.75, 3.05) is 33.4 Å². The third kappa shape index (κ3) is 5.08. The van der Waals surface area contributed by atoms with E-state index in [1.807, 2.05) is 24.3 Å². The molecule has 4 rings (SSSR count). The lowest BCUT2D eigenvalue weighted by Crippen LogP contribution is -2.48. The molecule has 0 radical (unpaired) electrons. The summed E-state index contributed by atoms with van der Waals surface area (Å²) in [5, 5.41) is 0. The van der Waals surface area contributed by atoms with E-state index in [4.69, 9.17) is 18.6 Å². The highest BCUT2D eigenvalue weighted by atomic mass is 19.1. The highest BCUT2D eigenvalue weighted by Crippen LogP contribution is 2.26. The summed E-state index contributed by atoms with van der Waals surface area (Å²) in [6, 6.07) is 13.4. The van der Waals surface area contributed by atoms with Crippen LogP contribution in [0, 0.1) is 12.7 Å². The molecule has 32 heavy (non-hydrogen) atoms. The fourth-order valence-electron chi connectivity index (χ4n) is 3.56. The number of ether oxygens (including phenoxy) is 3. The van der Waals surface area contributed by atoms with Gasteiger partial charge in [-0.25, -0.2) is 9.37 Å². The number of rotatable bonds is 7. The number of halogens is 1. The van der Waals surface area contributed by atoms with Gasteiger partial charge in [0.2, 0.25) is 11.8 Å². The molecule has 1 aliphatic rings. The fraction of sp³-hybridized carbons (Fsp3) is 0.333. The first kappa shape index (κ1) is 21.8. The van der Waals surface area contributed by atoms with Crippen molar-refractivity contribution in [2.45, 2.75) is 19.4 Å². The van der Waals surface area contributed by atoms with Crippen molar-refractivity contribution < 1.29 is 27.8 Å². The minimum Gasteiger partial charge on any atom is -0.493 e. The Morgan fingerprint density at radius 2 is 2.03 bits per heavy atom. The monoisotopic (exact) mass is 440 g/mol. The Labute approximate surface area is 185 Å². The molecular formula is C24H25FN2O5. The first-order chi connectivity index (χ1) is 15.5. The summed E-state index contributed by atoms with van der Waals surface area (Å²) < 4.78 is 36.1. The summed E-state index contributed by atoms with van der Waals surface area (Å²) >= 11 is 0. The number of carbonyl (C=O) groups is 1. The van der Waals surface area contributed by atoms with E-state index in [0.29, 0.717) is 60.7 Å². The van der Waals surface area contributed by atoms with Crippen LogP contribution in [0.2, 0.25) is 0 Å². The SMILES string of the molecule is COc1ccccc1OCC1CN(C(=O)Cc2nc(-c3cccc(F)c3)oc2C)CCO1. The Morgan fingerprint density at radius 3 is 2.81 bits per heavy atom. The van der Waals surface area contributed by atoms with Crippen molar-refractivity contribution >= 4 is 5.91 Å². The van der Waals surface area contributed by atoms with Crippen molar-refractivity contribution in [1.82, 2.24) is 9.88 Å². The molecule has 2 aromatic carbocycles. The molecule has 0 bridgehead atoms. The fourth-order valence-corrected chi connectivity index (χ4v) is 3.56. The highest BCUT2D eigenvalue weighted by Gasteiger charge is 2.26. The van der Waals surface area contributed by atoms with Crippen LogP contribution in [0.15, 0.2) is 52.9 Å². The van der Waals surface area contributed by atoms with E-state index >= 15 is 0 Å². The number of methoxy groups -OCH3 is 1. The summed E-state index contributed by atoms with van der Waals surface area (Å²) in [5.41, 5.74) is 1.08. The quantitative estimate of drug-likeness (QED) is 0.559. The van der Waals surface area contributed by atoms with E-state index < -0.39 is 0 Å². The van der Waals surface area contributed by atoms with Gasteiger partial charge in [-0.05, 0) is 37.3 Å². The van der Waals surface area contributed by atoms with Crippen LogP contribution in [0.4, 0.5) is 4.39 Å². The molecule has 168 valence electrons. The van der Waals surface area contributed by atoms with Gasteiger partial charge in [-0.15, -0.1) is 0 Å². The number of carbonyl (C=O) groups excluding carboxylic acids is 1. The minimum atomic E-state index is -0.370. The van der Waals surface area contributed by atoms with Crippen LogP contribution >= 0.6 is 0 Å². The van der Waals surface area contributed by atoms with Crippen molar-refractivity contribution in [1.29, 1.82) is 0 Å². The molecule has 0 spiro atoms. The molecular weight excluding hydrogens is 415 g/mol. The number of nitrogens with zero attached hydrogens (tertiary/aromatic N) is 2. The van der Waals surface area contributed by atoms with Gasteiger partial charge in [-0.2, -0.15) is 0 Å². The van der Waals surface area contributed by atoms with Gasteiger partial charge in [0.15, 0.2) is 11.5 Å². The maximum atomic E-state index is 13.5. The summed E-state index contributed by atoms with van der Waals surface area (Å²) in [7, 11) is 1.59. The second-order valence-electron chi connectivity index (χ2n) is 7.50. The molecule has 1 amide bonds. The predicted molar refractivity (Wildman–Crippen MR) is 115 cm³/mol. The van der Waals surface area contributed by atoms with Crippen LogP contribution in [0.25, 0.3) is 11.5 Å². The maximum Gasteiger partial charge on any atom is 0.228 e.